The molecule has 1 heterocycles. The number of carbonyl (C=O) groups excluding carboxylic acids is 2. The molecule has 27 heavy (non-hydrogen) atoms. The number of carbonyl (C=O) groups is 2. The molecule has 0 bridgehead atoms. The van der Waals surface area contributed by atoms with Gasteiger partial charge in [0.25, 0.3) is 0 Å². The van der Waals surface area contributed by atoms with Gasteiger partial charge in [-0.2, -0.15) is 0 Å². The Morgan fingerprint density at radius 2 is 1.85 bits per heavy atom. The van der Waals surface area contributed by atoms with Crippen LogP contribution in [0, 0.1) is 17.0 Å². The average molecular weight is 374 g/mol. The second-order valence-corrected chi connectivity index (χ2v) is 5.35. The first-order chi connectivity index (χ1) is 12.8. The Morgan fingerprint density at radius 1 is 1.19 bits per heavy atom. The fraction of sp³-hybridized carbons (Fsp3) is 0.111. The SMILES string of the molecule is CC(=N)/C(C(=O)OCC(=O)c1c(F)cccc1F)=C(/N)Nc1ccccn1. The second kappa shape index (κ2) is 8.65. The fourth-order valence-corrected chi connectivity index (χ4v) is 2.14. The van der Waals surface area contributed by atoms with Crippen LogP contribution < -0.4 is 11.1 Å². The number of nitrogens with one attached hydrogen (secondary N) is 2. The van der Waals surface area contributed by atoms with Crippen molar-refractivity contribution >= 4 is 23.3 Å². The first-order valence-electron chi connectivity index (χ1n) is 7.69. The van der Waals surface area contributed by atoms with Crippen LogP contribution in [0.2, 0.25) is 0 Å². The maximum Gasteiger partial charge on any atom is 0.344 e. The van der Waals surface area contributed by atoms with Crippen molar-refractivity contribution < 1.29 is 23.1 Å². The van der Waals surface area contributed by atoms with E-state index >= 15 is 0 Å². The third-order valence-corrected chi connectivity index (χ3v) is 3.35. The number of ether oxygens (including phenoxy) is 1. The summed E-state index contributed by atoms with van der Waals surface area (Å²) < 4.78 is 32.0. The van der Waals surface area contributed by atoms with Gasteiger partial charge in [0.05, 0.1) is 5.56 Å². The number of esters is 1. The van der Waals surface area contributed by atoms with Gasteiger partial charge < -0.3 is 21.2 Å². The Morgan fingerprint density at radius 3 is 2.41 bits per heavy atom. The number of aromatic nitrogens is 1. The maximum absolute atomic E-state index is 13.6. The van der Waals surface area contributed by atoms with Gasteiger partial charge in [-0.25, -0.2) is 18.6 Å². The summed E-state index contributed by atoms with van der Waals surface area (Å²) >= 11 is 0. The lowest BCUT2D eigenvalue weighted by molar-refractivity contribution is -0.137. The van der Waals surface area contributed by atoms with Crippen molar-refractivity contribution in [3.63, 3.8) is 0 Å². The Bertz CT molecular complexity index is 894. The summed E-state index contributed by atoms with van der Waals surface area (Å²) in [5.41, 5.74) is 4.43. The molecular formula is C18H16F2N4O3. The van der Waals surface area contributed by atoms with Crippen molar-refractivity contribution in [2.75, 3.05) is 11.9 Å². The van der Waals surface area contributed by atoms with E-state index in [4.69, 9.17) is 15.9 Å². The number of anilines is 1. The lowest BCUT2D eigenvalue weighted by Gasteiger charge is -2.12. The Balaban J connectivity index is 2.14. The van der Waals surface area contributed by atoms with E-state index in [1.54, 1.807) is 18.2 Å². The van der Waals surface area contributed by atoms with E-state index in [2.05, 4.69) is 10.3 Å². The largest absolute Gasteiger partial charge is 0.454 e. The second-order valence-electron chi connectivity index (χ2n) is 5.35. The molecule has 0 saturated heterocycles. The Labute approximate surface area is 153 Å². The number of pyridine rings is 1. The Kier molecular flexibility index (Phi) is 6.32. The molecule has 1 aromatic heterocycles. The van der Waals surface area contributed by atoms with E-state index in [-0.39, 0.29) is 17.1 Å². The Hall–Kier alpha value is -3.62. The van der Waals surface area contributed by atoms with Crippen LogP contribution in [-0.4, -0.2) is 29.1 Å². The van der Waals surface area contributed by atoms with Crippen LogP contribution in [-0.2, 0) is 9.53 Å². The third kappa shape index (κ3) is 4.94. The molecule has 0 radical (unpaired) electrons. The predicted octanol–water partition coefficient (Wildman–Crippen LogP) is 2.41. The zero-order valence-corrected chi connectivity index (χ0v) is 14.3. The number of halogens is 2. The first kappa shape index (κ1) is 19.7. The molecule has 9 heteroatoms. The number of nitrogens with two attached hydrogens (primary N) is 1. The van der Waals surface area contributed by atoms with Gasteiger partial charge in [-0.05, 0) is 31.2 Å². The summed E-state index contributed by atoms with van der Waals surface area (Å²) in [4.78, 5) is 28.1. The molecule has 0 fully saturated rings. The first-order valence-corrected chi connectivity index (χ1v) is 7.69. The van der Waals surface area contributed by atoms with Gasteiger partial charge in [0.2, 0.25) is 5.78 Å². The van der Waals surface area contributed by atoms with Gasteiger partial charge in [-0.3, -0.25) is 4.79 Å². The average Bonchev–Trinajstić information content (AvgIpc) is 2.60. The van der Waals surface area contributed by atoms with Crippen molar-refractivity contribution in [2.45, 2.75) is 6.92 Å². The molecule has 0 aliphatic rings. The van der Waals surface area contributed by atoms with Crippen LogP contribution in [0.15, 0.2) is 54.0 Å². The number of hydrogen-bond donors (Lipinski definition) is 3. The van der Waals surface area contributed by atoms with Crippen molar-refractivity contribution in [3.05, 3.63) is 71.2 Å². The number of Topliss-reactive ketones (excluding diaryl/α,β-unsaturated/α-hetero) is 1. The third-order valence-electron chi connectivity index (χ3n) is 3.35. The topological polar surface area (TPSA) is 118 Å². The van der Waals surface area contributed by atoms with E-state index < -0.39 is 35.6 Å². The van der Waals surface area contributed by atoms with Crippen molar-refractivity contribution in [1.29, 1.82) is 5.41 Å². The van der Waals surface area contributed by atoms with Gasteiger partial charge in [0.15, 0.2) is 6.61 Å². The molecule has 140 valence electrons. The molecule has 7 nitrogen and oxygen atoms in total. The molecule has 4 N–H and O–H groups in total. The van der Waals surface area contributed by atoms with Crippen LogP contribution >= 0.6 is 0 Å². The molecule has 0 amide bonds. The minimum absolute atomic E-state index is 0.212. The van der Waals surface area contributed by atoms with Crippen molar-refractivity contribution in [3.8, 4) is 0 Å². The van der Waals surface area contributed by atoms with E-state index in [9.17, 15) is 18.4 Å². The molecule has 0 aliphatic heterocycles. The van der Waals surface area contributed by atoms with E-state index in [1.165, 1.54) is 13.1 Å². The van der Waals surface area contributed by atoms with Crippen LogP contribution in [0.5, 0.6) is 0 Å². The standard InChI is InChI=1S/C18H16F2N4O3/c1-10(21)15(17(22)24-14-7-2-3-8-23-14)18(26)27-9-13(25)16-11(19)5-4-6-12(16)20/h2-8,21H,9,22H2,1H3,(H,23,24)/b17-15+,21-10?. The normalized spacial score (nSPS) is 11.4. The van der Waals surface area contributed by atoms with E-state index in [1.807, 2.05) is 0 Å². The van der Waals surface area contributed by atoms with Crippen molar-refractivity contribution in [2.24, 2.45) is 5.73 Å². The number of ketones is 1. The summed E-state index contributed by atoms with van der Waals surface area (Å²) in [5, 5.41) is 10.3. The minimum atomic E-state index is -1.09. The molecule has 1 aromatic carbocycles. The van der Waals surface area contributed by atoms with E-state index in [0.717, 1.165) is 18.2 Å². The monoisotopic (exact) mass is 374 g/mol. The maximum atomic E-state index is 13.6. The molecule has 0 spiro atoms. The summed E-state index contributed by atoms with van der Waals surface area (Å²) in [5.74, 6) is -4.16. The predicted molar refractivity (Wildman–Crippen MR) is 94.1 cm³/mol. The highest BCUT2D eigenvalue weighted by atomic mass is 19.1. The molecule has 2 aromatic rings. The summed E-state index contributed by atoms with van der Waals surface area (Å²) in [6.45, 7) is 0.381. The van der Waals surface area contributed by atoms with Gasteiger partial charge in [0.1, 0.15) is 28.8 Å². The fourth-order valence-electron chi connectivity index (χ4n) is 2.14. The zero-order chi connectivity index (χ0) is 20.0. The molecule has 0 unspecified atom stereocenters. The van der Waals surface area contributed by atoms with Crippen LogP contribution in [0.3, 0.4) is 0 Å². The van der Waals surface area contributed by atoms with Crippen molar-refractivity contribution in [1.82, 2.24) is 4.98 Å². The van der Waals surface area contributed by atoms with Gasteiger partial charge in [0, 0.05) is 11.9 Å². The van der Waals surface area contributed by atoms with E-state index in [0.29, 0.717) is 5.82 Å². The highest BCUT2D eigenvalue weighted by Gasteiger charge is 2.22. The molecule has 0 saturated carbocycles. The minimum Gasteiger partial charge on any atom is -0.454 e. The smallest absolute Gasteiger partial charge is 0.344 e. The van der Waals surface area contributed by atoms with Crippen LogP contribution in [0.25, 0.3) is 0 Å². The highest BCUT2D eigenvalue weighted by molar-refractivity contribution is 6.18. The summed E-state index contributed by atoms with van der Waals surface area (Å²) in [6, 6.07) is 7.88. The molecule has 0 atom stereocenters. The zero-order valence-electron chi connectivity index (χ0n) is 14.3. The molecular weight excluding hydrogens is 358 g/mol. The molecule has 2 rings (SSSR count). The van der Waals surface area contributed by atoms with Crippen LogP contribution in [0.4, 0.5) is 14.6 Å². The summed E-state index contributed by atoms with van der Waals surface area (Å²) in [6.07, 6.45) is 1.49. The lowest BCUT2D eigenvalue weighted by Crippen LogP contribution is -2.25. The van der Waals surface area contributed by atoms with Crippen LogP contribution in [0.1, 0.15) is 17.3 Å². The van der Waals surface area contributed by atoms with Gasteiger partial charge in [-0.15, -0.1) is 0 Å². The van der Waals surface area contributed by atoms with Gasteiger partial charge >= 0.3 is 5.97 Å². The quantitative estimate of drug-likeness (QED) is 0.296. The lowest BCUT2D eigenvalue weighted by atomic mass is 10.1. The number of hydrogen-bond acceptors (Lipinski definition) is 7. The number of benzene rings is 1. The van der Waals surface area contributed by atoms with Gasteiger partial charge in [-0.1, -0.05) is 12.1 Å². The highest BCUT2D eigenvalue weighted by Crippen LogP contribution is 2.14. The number of rotatable bonds is 7. The number of nitrogens with zero attached hydrogens (tertiary/aromatic N) is 1. The summed E-state index contributed by atoms with van der Waals surface area (Å²) in [7, 11) is 0. The molecule has 0 aliphatic carbocycles.